The summed E-state index contributed by atoms with van der Waals surface area (Å²) in [5.41, 5.74) is 6.71. The molecule has 4 nitrogen and oxygen atoms in total. The molecule has 1 saturated heterocycles. The van der Waals surface area contributed by atoms with Gasteiger partial charge in [-0.25, -0.2) is 0 Å². The molecule has 21 heavy (non-hydrogen) atoms. The molecule has 3 N–H and O–H groups in total. The van der Waals surface area contributed by atoms with Crippen LogP contribution in [-0.4, -0.2) is 25.2 Å². The molecular formula is C16H23BrN2O2. The van der Waals surface area contributed by atoms with Crippen LogP contribution in [0.3, 0.4) is 0 Å². The maximum Gasteiger partial charge on any atom is 0.237 e. The third-order valence-corrected chi connectivity index (χ3v) is 4.57. The molecule has 0 bridgehead atoms. The molecule has 1 amide bonds. The Morgan fingerprint density at radius 1 is 1.38 bits per heavy atom. The Kier molecular flexibility index (Phi) is 5.79. The van der Waals surface area contributed by atoms with Crippen LogP contribution in [0, 0.1) is 0 Å². The number of rotatable bonds is 5. The van der Waals surface area contributed by atoms with Crippen molar-refractivity contribution in [1.29, 1.82) is 0 Å². The number of amides is 1. The molecule has 0 spiro atoms. The first-order valence-electron chi connectivity index (χ1n) is 7.49. The van der Waals surface area contributed by atoms with Crippen LogP contribution >= 0.6 is 15.9 Å². The minimum atomic E-state index is -0.440. The van der Waals surface area contributed by atoms with Gasteiger partial charge in [0.15, 0.2) is 0 Å². The number of nitrogens with one attached hydrogen (secondary N) is 1. The molecule has 1 heterocycles. The summed E-state index contributed by atoms with van der Waals surface area (Å²) < 4.78 is 6.50. The number of carbonyl (C=O) groups excluding carboxylic acids is 1. The topological polar surface area (TPSA) is 64.4 Å². The smallest absolute Gasteiger partial charge is 0.237 e. The predicted octanol–water partition coefficient (Wildman–Crippen LogP) is 2.70. The first kappa shape index (κ1) is 16.5. The largest absolute Gasteiger partial charge is 0.381 e. The van der Waals surface area contributed by atoms with Gasteiger partial charge >= 0.3 is 0 Å². The molecule has 0 radical (unpaired) electrons. The van der Waals surface area contributed by atoms with E-state index in [-0.39, 0.29) is 11.4 Å². The van der Waals surface area contributed by atoms with E-state index in [4.69, 9.17) is 10.5 Å². The van der Waals surface area contributed by atoms with Crippen LogP contribution < -0.4 is 11.1 Å². The Bertz CT molecular complexity index is 470. The first-order valence-corrected chi connectivity index (χ1v) is 8.28. The SMILES string of the molecule is CCCC(N)C(=O)NC1(c2ccc(Br)cc2)CCOCC1. The van der Waals surface area contributed by atoms with Crippen molar-refractivity contribution >= 4 is 21.8 Å². The quantitative estimate of drug-likeness (QED) is 0.854. The summed E-state index contributed by atoms with van der Waals surface area (Å²) in [5, 5.41) is 3.19. The highest BCUT2D eigenvalue weighted by molar-refractivity contribution is 9.10. The molecule has 1 aromatic carbocycles. The average molecular weight is 355 g/mol. The third-order valence-electron chi connectivity index (χ3n) is 4.04. The van der Waals surface area contributed by atoms with Crippen molar-refractivity contribution in [2.24, 2.45) is 5.73 Å². The normalized spacial score (nSPS) is 19.0. The summed E-state index contributed by atoms with van der Waals surface area (Å²) in [6, 6.07) is 7.68. The van der Waals surface area contributed by atoms with Crippen molar-refractivity contribution in [1.82, 2.24) is 5.32 Å². The van der Waals surface area contributed by atoms with Gasteiger partial charge in [0, 0.05) is 17.7 Å². The van der Waals surface area contributed by atoms with Gasteiger partial charge in [-0.3, -0.25) is 4.79 Å². The minimum absolute atomic E-state index is 0.0679. The second-order valence-electron chi connectivity index (χ2n) is 5.59. The molecule has 116 valence electrons. The fourth-order valence-electron chi connectivity index (χ4n) is 2.75. The second-order valence-corrected chi connectivity index (χ2v) is 6.50. The van der Waals surface area contributed by atoms with E-state index >= 15 is 0 Å². The van der Waals surface area contributed by atoms with Crippen LogP contribution in [-0.2, 0) is 15.1 Å². The summed E-state index contributed by atoms with van der Waals surface area (Å²) in [6.07, 6.45) is 3.17. The number of ether oxygens (including phenoxy) is 1. The number of hydrogen-bond donors (Lipinski definition) is 2. The number of benzene rings is 1. The molecule has 1 atom stereocenters. The van der Waals surface area contributed by atoms with E-state index in [9.17, 15) is 4.79 Å². The summed E-state index contributed by atoms with van der Waals surface area (Å²) in [6.45, 7) is 3.34. The van der Waals surface area contributed by atoms with Crippen LogP contribution in [0.25, 0.3) is 0 Å². The van der Waals surface area contributed by atoms with E-state index in [0.29, 0.717) is 19.6 Å². The van der Waals surface area contributed by atoms with Crippen molar-refractivity contribution in [3.63, 3.8) is 0 Å². The molecule has 5 heteroatoms. The Morgan fingerprint density at radius 2 is 2.00 bits per heavy atom. The lowest BCUT2D eigenvalue weighted by atomic mass is 9.82. The van der Waals surface area contributed by atoms with Crippen LogP contribution in [0.1, 0.15) is 38.2 Å². The van der Waals surface area contributed by atoms with Crippen LogP contribution in [0.2, 0.25) is 0 Å². The highest BCUT2D eigenvalue weighted by Gasteiger charge is 2.36. The van der Waals surface area contributed by atoms with Crippen LogP contribution in [0.5, 0.6) is 0 Å². The van der Waals surface area contributed by atoms with Gasteiger partial charge in [-0.2, -0.15) is 0 Å². The van der Waals surface area contributed by atoms with Crippen molar-refractivity contribution in [2.75, 3.05) is 13.2 Å². The van der Waals surface area contributed by atoms with E-state index in [2.05, 4.69) is 33.4 Å². The fourth-order valence-corrected chi connectivity index (χ4v) is 3.01. The van der Waals surface area contributed by atoms with Crippen molar-refractivity contribution < 1.29 is 9.53 Å². The van der Waals surface area contributed by atoms with Crippen LogP contribution in [0.4, 0.5) is 0 Å². The third kappa shape index (κ3) is 4.05. The van der Waals surface area contributed by atoms with E-state index in [1.165, 1.54) is 0 Å². The molecule has 1 aromatic rings. The maximum atomic E-state index is 12.4. The Hall–Kier alpha value is -0.910. The lowest BCUT2D eigenvalue weighted by Crippen LogP contribution is -2.54. The zero-order valence-corrected chi connectivity index (χ0v) is 14.0. The van der Waals surface area contributed by atoms with Crippen molar-refractivity contribution in [3.8, 4) is 0 Å². The van der Waals surface area contributed by atoms with Crippen LogP contribution in [0.15, 0.2) is 28.7 Å². The second kappa shape index (κ2) is 7.38. The van der Waals surface area contributed by atoms with Crippen molar-refractivity contribution in [2.45, 2.75) is 44.2 Å². The zero-order valence-electron chi connectivity index (χ0n) is 12.4. The Morgan fingerprint density at radius 3 is 2.57 bits per heavy atom. The van der Waals surface area contributed by atoms with Gasteiger partial charge in [-0.05, 0) is 37.0 Å². The van der Waals surface area contributed by atoms with E-state index in [1.807, 2.05) is 19.1 Å². The molecule has 1 aliphatic rings. The standard InChI is InChI=1S/C16H23BrN2O2/c1-2-3-14(18)15(20)19-16(8-10-21-11-9-16)12-4-6-13(17)7-5-12/h4-7,14H,2-3,8-11,18H2,1H3,(H,19,20). The molecule has 0 aromatic heterocycles. The van der Waals surface area contributed by atoms with Gasteiger partial charge in [0.25, 0.3) is 0 Å². The average Bonchev–Trinajstić information content (AvgIpc) is 2.49. The first-order chi connectivity index (χ1) is 10.1. The number of carbonyl (C=O) groups is 1. The zero-order chi connectivity index (χ0) is 15.3. The summed E-state index contributed by atoms with van der Waals surface area (Å²) in [5.74, 6) is -0.0679. The van der Waals surface area contributed by atoms with Gasteiger partial charge in [0.1, 0.15) is 0 Å². The molecular weight excluding hydrogens is 332 g/mol. The predicted molar refractivity (Wildman–Crippen MR) is 86.9 cm³/mol. The number of halogens is 1. The lowest BCUT2D eigenvalue weighted by Gasteiger charge is -2.39. The fraction of sp³-hybridized carbons (Fsp3) is 0.562. The maximum absolute atomic E-state index is 12.4. The number of nitrogens with two attached hydrogens (primary N) is 1. The monoisotopic (exact) mass is 354 g/mol. The number of hydrogen-bond acceptors (Lipinski definition) is 3. The summed E-state index contributed by atoms with van der Waals surface area (Å²) in [4.78, 5) is 12.4. The highest BCUT2D eigenvalue weighted by Crippen LogP contribution is 2.33. The Labute approximate surface area is 134 Å². The van der Waals surface area contributed by atoms with Gasteiger partial charge in [0.2, 0.25) is 5.91 Å². The van der Waals surface area contributed by atoms with E-state index < -0.39 is 6.04 Å². The lowest BCUT2D eigenvalue weighted by molar-refractivity contribution is -0.126. The minimum Gasteiger partial charge on any atom is -0.381 e. The van der Waals surface area contributed by atoms with E-state index in [0.717, 1.165) is 29.3 Å². The summed E-state index contributed by atoms with van der Waals surface area (Å²) in [7, 11) is 0. The van der Waals surface area contributed by atoms with Gasteiger partial charge in [-0.15, -0.1) is 0 Å². The Balaban J connectivity index is 2.21. The molecule has 1 unspecified atom stereocenters. The summed E-state index contributed by atoms with van der Waals surface area (Å²) >= 11 is 3.45. The molecule has 2 rings (SSSR count). The van der Waals surface area contributed by atoms with Gasteiger partial charge < -0.3 is 15.8 Å². The van der Waals surface area contributed by atoms with Crippen molar-refractivity contribution in [3.05, 3.63) is 34.3 Å². The van der Waals surface area contributed by atoms with Gasteiger partial charge in [0.05, 0.1) is 11.6 Å². The molecule has 1 fully saturated rings. The van der Waals surface area contributed by atoms with E-state index in [1.54, 1.807) is 0 Å². The molecule has 0 saturated carbocycles. The highest BCUT2D eigenvalue weighted by atomic mass is 79.9. The van der Waals surface area contributed by atoms with Gasteiger partial charge in [-0.1, -0.05) is 41.4 Å². The molecule has 1 aliphatic heterocycles. The molecule has 0 aliphatic carbocycles.